The van der Waals surface area contributed by atoms with Crippen LogP contribution in [-0.2, 0) is 0 Å². The van der Waals surface area contributed by atoms with Crippen LogP contribution in [0, 0.1) is 15.9 Å². The van der Waals surface area contributed by atoms with E-state index in [0.717, 1.165) is 11.1 Å². The molecule has 0 fully saturated rings. The van der Waals surface area contributed by atoms with Crippen molar-refractivity contribution in [1.82, 2.24) is 9.97 Å². The second-order valence-electron chi connectivity index (χ2n) is 6.55. The summed E-state index contributed by atoms with van der Waals surface area (Å²) in [6, 6.07) is 23.5. The number of anilines is 1. The minimum Gasteiger partial charge on any atom is -0.258 e. The van der Waals surface area contributed by atoms with Crippen molar-refractivity contribution in [3.63, 3.8) is 0 Å². The van der Waals surface area contributed by atoms with Crippen molar-refractivity contribution >= 4 is 17.9 Å². The van der Waals surface area contributed by atoms with E-state index in [0.29, 0.717) is 17.0 Å². The first-order valence-electron chi connectivity index (χ1n) is 9.32. The van der Waals surface area contributed by atoms with Crippen molar-refractivity contribution in [2.24, 2.45) is 5.10 Å². The van der Waals surface area contributed by atoms with Gasteiger partial charge in [-0.3, -0.25) is 10.1 Å². The number of halogens is 1. The number of hydrogen-bond donors (Lipinski definition) is 1. The Morgan fingerprint density at radius 1 is 0.871 bits per heavy atom. The highest BCUT2D eigenvalue weighted by molar-refractivity contribution is 5.80. The predicted molar refractivity (Wildman–Crippen MR) is 117 cm³/mol. The molecule has 1 aromatic heterocycles. The Kier molecular flexibility index (Phi) is 5.70. The Morgan fingerprint density at radius 3 is 2.10 bits per heavy atom. The van der Waals surface area contributed by atoms with Gasteiger partial charge in [-0.15, -0.1) is 0 Å². The molecule has 152 valence electrons. The summed E-state index contributed by atoms with van der Waals surface area (Å²) in [6.07, 6.45) is 1.51. The van der Waals surface area contributed by atoms with Gasteiger partial charge in [0.15, 0.2) is 0 Å². The Hall–Kier alpha value is -4.46. The number of hydrogen-bond acceptors (Lipinski definition) is 6. The third kappa shape index (κ3) is 4.94. The van der Waals surface area contributed by atoms with Crippen LogP contribution in [0.4, 0.5) is 16.0 Å². The fraction of sp³-hybridized carbons (Fsp3) is 0. The van der Waals surface area contributed by atoms with Crippen LogP contribution in [0.2, 0.25) is 0 Å². The van der Waals surface area contributed by atoms with E-state index in [-0.39, 0.29) is 17.5 Å². The van der Waals surface area contributed by atoms with Crippen LogP contribution in [0.3, 0.4) is 0 Å². The third-order valence-corrected chi connectivity index (χ3v) is 4.42. The monoisotopic (exact) mass is 413 g/mol. The summed E-state index contributed by atoms with van der Waals surface area (Å²) in [6.45, 7) is 0. The second kappa shape index (κ2) is 8.91. The number of nitrogens with zero attached hydrogens (tertiary/aromatic N) is 4. The van der Waals surface area contributed by atoms with Crippen LogP contribution in [0.1, 0.15) is 5.56 Å². The van der Waals surface area contributed by atoms with Crippen LogP contribution in [0.15, 0.2) is 90.0 Å². The molecule has 0 saturated carbocycles. The van der Waals surface area contributed by atoms with E-state index in [4.69, 9.17) is 0 Å². The molecule has 3 aromatic carbocycles. The first-order chi connectivity index (χ1) is 15.1. The van der Waals surface area contributed by atoms with Gasteiger partial charge in [-0.05, 0) is 48.0 Å². The minimum atomic E-state index is -0.459. The van der Waals surface area contributed by atoms with Crippen LogP contribution >= 0.6 is 0 Å². The molecule has 0 spiro atoms. The van der Waals surface area contributed by atoms with Crippen LogP contribution in [0.25, 0.3) is 22.5 Å². The second-order valence-corrected chi connectivity index (χ2v) is 6.55. The van der Waals surface area contributed by atoms with Crippen molar-refractivity contribution in [1.29, 1.82) is 0 Å². The molecule has 0 saturated heterocycles. The Balaban J connectivity index is 1.63. The SMILES string of the molecule is O=[N+]([O-])c1ccc(/C=N\Nc2nc(-c3ccccc3)cc(-c3ccc(F)cc3)n2)cc1. The van der Waals surface area contributed by atoms with Crippen LogP contribution in [-0.4, -0.2) is 21.1 Å². The number of hydrazone groups is 1. The lowest BCUT2D eigenvalue weighted by atomic mass is 10.1. The standard InChI is InChI=1S/C23H16FN5O2/c24-19-10-8-18(9-11-19)22-14-21(17-4-2-1-3-5-17)26-23(27-22)28-25-15-16-6-12-20(13-7-16)29(30)31/h1-15H,(H,26,27,28)/b25-15-. The molecule has 0 radical (unpaired) electrons. The average molecular weight is 413 g/mol. The van der Waals surface area contributed by atoms with E-state index in [9.17, 15) is 14.5 Å². The molecule has 0 amide bonds. The molecule has 0 unspecified atom stereocenters. The molecule has 1 N–H and O–H groups in total. The normalized spacial score (nSPS) is 10.9. The number of nitro benzene ring substituents is 1. The van der Waals surface area contributed by atoms with Gasteiger partial charge in [-0.25, -0.2) is 19.8 Å². The maximum Gasteiger partial charge on any atom is 0.269 e. The largest absolute Gasteiger partial charge is 0.269 e. The molecule has 7 nitrogen and oxygen atoms in total. The molecule has 4 aromatic rings. The highest BCUT2D eigenvalue weighted by Gasteiger charge is 2.09. The zero-order valence-corrected chi connectivity index (χ0v) is 16.1. The number of nitro groups is 1. The zero-order valence-electron chi connectivity index (χ0n) is 16.1. The lowest BCUT2D eigenvalue weighted by molar-refractivity contribution is -0.384. The zero-order chi connectivity index (χ0) is 21.6. The molecule has 1 heterocycles. The topological polar surface area (TPSA) is 93.3 Å². The third-order valence-electron chi connectivity index (χ3n) is 4.42. The van der Waals surface area contributed by atoms with Crippen LogP contribution in [0.5, 0.6) is 0 Å². The van der Waals surface area contributed by atoms with Gasteiger partial charge >= 0.3 is 0 Å². The van der Waals surface area contributed by atoms with Gasteiger partial charge in [0, 0.05) is 23.3 Å². The van der Waals surface area contributed by atoms with Gasteiger partial charge in [0.2, 0.25) is 5.95 Å². The van der Waals surface area contributed by atoms with Gasteiger partial charge in [-0.2, -0.15) is 5.10 Å². The molecular formula is C23H16FN5O2. The summed E-state index contributed by atoms with van der Waals surface area (Å²) in [7, 11) is 0. The molecule has 31 heavy (non-hydrogen) atoms. The molecule has 0 bridgehead atoms. The first-order valence-corrected chi connectivity index (χ1v) is 9.32. The summed E-state index contributed by atoms with van der Waals surface area (Å²) >= 11 is 0. The van der Waals surface area contributed by atoms with Crippen molar-refractivity contribution < 1.29 is 9.31 Å². The number of nitrogens with one attached hydrogen (secondary N) is 1. The summed E-state index contributed by atoms with van der Waals surface area (Å²) in [5.74, 6) is -0.0639. The van der Waals surface area contributed by atoms with Gasteiger partial charge < -0.3 is 0 Å². The Labute approximate surface area is 177 Å². The van der Waals surface area contributed by atoms with E-state index in [2.05, 4.69) is 20.5 Å². The van der Waals surface area contributed by atoms with Gasteiger partial charge in [0.1, 0.15) is 5.82 Å². The average Bonchev–Trinajstić information content (AvgIpc) is 2.80. The Morgan fingerprint density at radius 2 is 1.48 bits per heavy atom. The van der Waals surface area contributed by atoms with E-state index >= 15 is 0 Å². The fourth-order valence-electron chi connectivity index (χ4n) is 2.87. The fourth-order valence-corrected chi connectivity index (χ4v) is 2.87. The quantitative estimate of drug-likeness (QED) is 0.263. The number of non-ortho nitro benzene ring substituents is 1. The molecule has 4 rings (SSSR count). The highest BCUT2D eigenvalue weighted by Crippen LogP contribution is 2.25. The lowest BCUT2D eigenvalue weighted by Gasteiger charge is -2.08. The van der Waals surface area contributed by atoms with Crippen molar-refractivity contribution in [3.05, 3.63) is 106 Å². The number of benzene rings is 3. The van der Waals surface area contributed by atoms with Crippen molar-refractivity contribution in [3.8, 4) is 22.5 Å². The van der Waals surface area contributed by atoms with E-state index in [1.807, 2.05) is 36.4 Å². The minimum absolute atomic E-state index is 0.00736. The molecule has 0 aliphatic carbocycles. The summed E-state index contributed by atoms with van der Waals surface area (Å²) < 4.78 is 13.3. The van der Waals surface area contributed by atoms with Gasteiger partial charge in [0.25, 0.3) is 5.69 Å². The Bertz CT molecular complexity index is 1230. The molecule has 0 aliphatic rings. The van der Waals surface area contributed by atoms with Crippen LogP contribution < -0.4 is 5.43 Å². The summed E-state index contributed by atoms with van der Waals surface area (Å²) in [5.41, 5.74) is 6.42. The predicted octanol–water partition coefficient (Wildman–Crippen LogP) is 5.30. The van der Waals surface area contributed by atoms with E-state index < -0.39 is 4.92 Å². The van der Waals surface area contributed by atoms with Crippen molar-refractivity contribution in [2.45, 2.75) is 0 Å². The number of rotatable bonds is 6. The molecule has 8 heteroatoms. The smallest absolute Gasteiger partial charge is 0.258 e. The van der Waals surface area contributed by atoms with Crippen molar-refractivity contribution in [2.75, 3.05) is 5.43 Å². The molecule has 0 aliphatic heterocycles. The lowest BCUT2D eigenvalue weighted by Crippen LogP contribution is -2.00. The van der Waals surface area contributed by atoms with Gasteiger partial charge in [0.05, 0.1) is 22.5 Å². The van der Waals surface area contributed by atoms with E-state index in [1.165, 1.54) is 30.5 Å². The highest BCUT2D eigenvalue weighted by atomic mass is 19.1. The molecule has 0 atom stereocenters. The maximum atomic E-state index is 13.3. The summed E-state index contributed by atoms with van der Waals surface area (Å²) in [4.78, 5) is 19.3. The number of aromatic nitrogens is 2. The van der Waals surface area contributed by atoms with Gasteiger partial charge in [-0.1, -0.05) is 30.3 Å². The first kappa shape index (κ1) is 19.8. The molecular weight excluding hydrogens is 397 g/mol. The summed E-state index contributed by atoms with van der Waals surface area (Å²) in [5, 5.41) is 14.9. The van der Waals surface area contributed by atoms with E-state index in [1.54, 1.807) is 24.3 Å². The maximum absolute atomic E-state index is 13.3.